The zero-order valence-corrected chi connectivity index (χ0v) is 13.8. The number of hydrogen-bond acceptors (Lipinski definition) is 3. The summed E-state index contributed by atoms with van der Waals surface area (Å²) >= 11 is 0. The van der Waals surface area contributed by atoms with Gasteiger partial charge in [-0.2, -0.15) is 0 Å². The molecule has 0 heterocycles. The minimum Gasteiger partial charge on any atom is -0.378 e. The Kier molecular flexibility index (Phi) is 5.68. The van der Waals surface area contributed by atoms with Gasteiger partial charge < -0.3 is 10.2 Å². The first kappa shape index (κ1) is 17.2. The van der Waals surface area contributed by atoms with E-state index in [-0.39, 0.29) is 11.7 Å². The molecule has 0 aliphatic carbocycles. The third-order valence-corrected chi connectivity index (χ3v) is 3.46. The van der Waals surface area contributed by atoms with Gasteiger partial charge in [0.05, 0.1) is 0 Å². The number of benzene rings is 2. The summed E-state index contributed by atoms with van der Waals surface area (Å²) < 4.78 is 0. The standard InChI is InChI=1S/C20H20N2O2/c1-4-20(24)21-17-10-8-16(9-11-17)19(23)14-7-15-5-12-18(13-6-15)22(2)3/h4-14H,1H2,2-3H3,(H,21,24)/b14-7+. The topological polar surface area (TPSA) is 49.4 Å². The zero-order valence-electron chi connectivity index (χ0n) is 13.8. The number of carbonyl (C=O) groups excluding carboxylic acids is 2. The van der Waals surface area contributed by atoms with E-state index in [1.165, 1.54) is 6.08 Å². The average Bonchev–Trinajstić information content (AvgIpc) is 2.60. The molecule has 122 valence electrons. The first-order valence-corrected chi connectivity index (χ1v) is 7.53. The predicted molar refractivity (Wildman–Crippen MR) is 99.4 cm³/mol. The second-order valence-corrected chi connectivity index (χ2v) is 5.45. The van der Waals surface area contributed by atoms with Crippen molar-refractivity contribution in [3.05, 3.63) is 78.4 Å². The summed E-state index contributed by atoms with van der Waals surface area (Å²) in [5.74, 6) is -0.372. The van der Waals surface area contributed by atoms with Crippen molar-refractivity contribution in [2.45, 2.75) is 0 Å². The SMILES string of the molecule is C=CC(=O)Nc1ccc(C(=O)/C=C/c2ccc(N(C)C)cc2)cc1. The van der Waals surface area contributed by atoms with Gasteiger partial charge in [-0.25, -0.2) is 0 Å². The maximum absolute atomic E-state index is 12.2. The molecular weight excluding hydrogens is 300 g/mol. The Labute approximate surface area is 142 Å². The van der Waals surface area contributed by atoms with Gasteiger partial charge in [-0.3, -0.25) is 9.59 Å². The molecule has 2 aromatic rings. The summed E-state index contributed by atoms with van der Waals surface area (Å²) in [5.41, 5.74) is 3.26. The number of rotatable bonds is 6. The van der Waals surface area contributed by atoms with E-state index in [9.17, 15) is 9.59 Å². The van der Waals surface area contributed by atoms with E-state index in [1.807, 2.05) is 43.3 Å². The Bertz CT molecular complexity index is 757. The van der Waals surface area contributed by atoms with E-state index < -0.39 is 0 Å². The highest BCUT2D eigenvalue weighted by Crippen LogP contribution is 2.14. The summed E-state index contributed by atoms with van der Waals surface area (Å²) in [6, 6.07) is 14.7. The van der Waals surface area contributed by atoms with E-state index in [1.54, 1.807) is 36.4 Å². The van der Waals surface area contributed by atoms with Crippen LogP contribution >= 0.6 is 0 Å². The molecule has 0 aromatic heterocycles. The number of carbonyl (C=O) groups is 2. The molecule has 0 radical (unpaired) electrons. The van der Waals surface area contributed by atoms with Crippen LogP contribution in [0.2, 0.25) is 0 Å². The highest BCUT2D eigenvalue weighted by molar-refractivity contribution is 6.07. The Morgan fingerprint density at radius 2 is 1.62 bits per heavy atom. The third-order valence-electron chi connectivity index (χ3n) is 3.46. The minimum atomic E-state index is -0.282. The number of nitrogens with one attached hydrogen (secondary N) is 1. The highest BCUT2D eigenvalue weighted by atomic mass is 16.1. The molecule has 0 fully saturated rings. The molecule has 4 heteroatoms. The van der Waals surface area contributed by atoms with Gasteiger partial charge in [0.15, 0.2) is 5.78 Å². The van der Waals surface area contributed by atoms with Crippen LogP contribution in [0.25, 0.3) is 6.08 Å². The van der Waals surface area contributed by atoms with Gasteiger partial charge in [-0.1, -0.05) is 24.8 Å². The number of anilines is 2. The largest absolute Gasteiger partial charge is 0.378 e. The van der Waals surface area contributed by atoms with Crippen molar-refractivity contribution in [2.24, 2.45) is 0 Å². The summed E-state index contributed by atoms with van der Waals surface area (Å²) in [7, 11) is 3.96. The monoisotopic (exact) mass is 320 g/mol. The van der Waals surface area contributed by atoms with Crippen LogP contribution in [0.4, 0.5) is 11.4 Å². The lowest BCUT2D eigenvalue weighted by Gasteiger charge is -2.11. The van der Waals surface area contributed by atoms with E-state index in [4.69, 9.17) is 0 Å². The molecule has 24 heavy (non-hydrogen) atoms. The summed E-state index contributed by atoms with van der Waals surface area (Å²) in [6.45, 7) is 3.39. The second kappa shape index (κ2) is 7.92. The van der Waals surface area contributed by atoms with Crippen LogP contribution in [0.1, 0.15) is 15.9 Å². The molecule has 0 atom stereocenters. The van der Waals surface area contributed by atoms with Gasteiger partial charge in [0, 0.05) is 31.0 Å². The summed E-state index contributed by atoms with van der Waals surface area (Å²) in [6.07, 6.45) is 4.53. The van der Waals surface area contributed by atoms with Crippen molar-refractivity contribution < 1.29 is 9.59 Å². The Morgan fingerprint density at radius 3 is 2.17 bits per heavy atom. The van der Waals surface area contributed by atoms with Crippen molar-refractivity contribution in [1.82, 2.24) is 0 Å². The second-order valence-electron chi connectivity index (χ2n) is 5.45. The minimum absolute atomic E-state index is 0.0896. The molecule has 2 rings (SSSR count). The number of nitrogens with zero attached hydrogens (tertiary/aromatic N) is 1. The average molecular weight is 320 g/mol. The lowest BCUT2D eigenvalue weighted by Crippen LogP contribution is -2.07. The Morgan fingerprint density at radius 1 is 1.00 bits per heavy atom. The van der Waals surface area contributed by atoms with Gasteiger partial charge in [0.1, 0.15) is 0 Å². The molecule has 1 N–H and O–H groups in total. The molecule has 0 bridgehead atoms. The predicted octanol–water partition coefficient (Wildman–Crippen LogP) is 3.77. The molecule has 0 saturated heterocycles. The fraction of sp³-hybridized carbons (Fsp3) is 0.100. The van der Waals surface area contributed by atoms with Gasteiger partial charge in [-0.05, 0) is 54.1 Å². The van der Waals surface area contributed by atoms with Gasteiger partial charge in [-0.15, -0.1) is 0 Å². The van der Waals surface area contributed by atoms with Crippen molar-refractivity contribution in [3.63, 3.8) is 0 Å². The quantitative estimate of drug-likeness (QED) is 0.651. The summed E-state index contributed by atoms with van der Waals surface area (Å²) in [4.78, 5) is 25.4. The third kappa shape index (κ3) is 4.68. The number of ketones is 1. The molecular formula is C20H20N2O2. The van der Waals surface area contributed by atoms with E-state index in [0.717, 1.165) is 11.3 Å². The smallest absolute Gasteiger partial charge is 0.247 e. The van der Waals surface area contributed by atoms with E-state index in [0.29, 0.717) is 11.3 Å². The van der Waals surface area contributed by atoms with E-state index in [2.05, 4.69) is 11.9 Å². The number of amides is 1. The lowest BCUT2D eigenvalue weighted by atomic mass is 10.1. The molecule has 0 aliphatic rings. The van der Waals surface area contributed by atoms with Crippen LogP contribution in [-0.4, -0.2) is 25.8 Å². The van der Waals surface area contributed by atoms with Crippen LogP contribution in [0.5, 0.6) is 0 Å². The molecule has 4 nitrogen and oxygen atoms in total. The van der Waals surface area contributed by atoms with Gasteiger partial charge >= 0.3 is 0 Å². The maximum atomic E-state index is 12.2. The number of allylic oxidation sites excluding steroid dienone is 1. The van der Waals surface area contributed by atoms with Crippen molar-refractivity contribution in [3.8, 4) is 0 Å². The van der Waals surface area contributed by atoms with Crippen LogP contribution in [0.3, 0.4) is 0 Å². The fourth-order valence-electron chi connectivity index (χ4n) is 2.06. The maximum Gasteiger partial charge on any atom is 0.247 e. The van der Waals surface area contributed by atoms with Crippen molar-refractivity contribution in [2.75, 3.05) is 24.3 Å². The molecule has 2 aromatic carbocycles. The lowest BCUT2D eigenvalue weighted by molar-refractivity contribution is -0.111. The van der Waals surface area contributed by atoms with Gasteiger partial charge in [0.2, 0.25) is 5.91 Å². The van der Waals surface area contributed by atoms with E-state index >= 15 is 0 Å². The van der Waals surface area contributed by atoms with Crippen LogP contribution in [0, 0.1) is 0 Å². The summed E-state index contributed by atoms with van der Waals surface area (Å²) in [5, 5.41) is 2.64. The molecule has 0 saturated carbocycles. The zero-order chi connectivity index (χ0) is 17.5. The van der Waals surface area contributed by atoms with Crippen molar-refractivity contribution >= 4 is 29.1 Å². The van der Waals surface area contributed by atoms with Crippen LogP contribution in [0.15, 0.2) is 67.3 Å². The van der Waals surface area contributed by atoms with Crippen molar-refractivity contribution in [1.29, 1.82) is 0 Å². The molecule has 0 aliphatic heterocycles. The Hall–Kier alpha value is -3.14. The van der Waals surface area contributed by atoms with Crippen LogP contribution in [-0.2, 0) is 4.79 Å². The van der Waals surface area contributed by atoms with Crippen LogP contribution < -0.4 is 10.2 Å². The first-order valence-electron chi connectivity index (χ1n) is 7.53. The Balaban J connectivity index is 2.03. The van der Waals surface area contributed by atoms with Gasteiger partial charge in [0.25, 0.3) is 0 Å². The molecule has 1 amide bonds. The highest BCUT2D eigenvalue weighted by Gasteiger charge is 2.03. The fourth-order valence-corrected chi connectivity index (χ4v) is 2.06. The normalized spacial score (nSPS) is 10.4. The molecule has 0 unspecified atom stereocenters. The number of hydrogen-bond donors (Lipinski definition) is 1. The first-order chi connectivity index (χ1) is 11.5. The molecule has 0 spiro atoms.